The first-order valence-corrected chi connectivity index (χ1v) is 7.09. The van der Waals surface area contributed by atoms with Crippen LogP contribution in [0.4, 0.5) is 5.69 Å². The Labute approximate surface area is 106 Å². The lowest BCUT2D eigenvalue weighted by Gasteiger charge is -2.11. The van der Waals surface area contributed by atoms with E-state index in [2.05, 4.69) is 4.72 Å². The summed E-state index contributed by atoms with van der Waals surface area (Å²) >= 11 is 0. The number of carbonyl (C=O) groups is 1. The molecule has 0 fully saturated rings. The maximum absolute atomic E-state index is 11.5. The van der Waals surface area contributed by atoms with Crippen LogP contribution in [0.2, 0.25) is 0 Å². The number of nitrogens with one attached hydrogen (secondary N) is 1. The third-order valence-corrected chi connectivity index (χ3v) is 2.60. The van der Waals surface area contributed by atoms with Crippen LogP contribution < -0.4 is 9.46 Å². The van der Waals surface area contributed by atoms with Crippen molar-refractivity contribution >= 4 is 21.7 Å². The Morgan fingerprint density at radius 2 is 2.06 bits per heavy atom. The highest BCUT2D eigenvalue weighted by Crippen LogP contribution is 2.26. The van der Waals surface area contributed by atoms with Crippen molar-refractivity contribution in [3.63, 3.8) is 0 Å². The molecule has 1 rings (SSSR count). The smallest absolute Gasteiger partial charge is 0.338 e. The second-order valence-electron chi connectivity index (χ2n) is 3.51. The number of anilines is 1. The van der Waals surface area contributed by atoms with Crippen molar-refractivity contribution < 1.29 is 22.7 Å². The van der Waals surface area contributed by atoms with Crippen LogP contribution >= 0.6 is 0 Å². The van der Waals surface area contributed by atoms with E-state index in [1.807, 2.05) is 0 Å². The third kappa shape index (κ3) is 3.92. The number of methoxy groups -OCH3 is 1. The molecule has 6 nitrogen and oxygen atoms in total. The van der Waals surface area contributed by atoms with Crippen molar-refractivity contribution in [2.75, 3.05) is 24.7 Å². The van der Waals surface area contributed by atoms with E-state index in [9.17, 15) is 13.2 Å². The monoisotopic (exact) mass is 273 g/mol. The van der Waals surface area contributed by atoms with Crippen LogP contribution in [0.25, 0.3) is 0 Å². The second-order valence-corrected chi connectivity index (χ2v) is 5.26. The van der Waals surface area contributed by atoms with E-state index < -0.39 is 16.0 Å². The van der Waals surface area contributed by atoms with Gasteiger partial charge >= 0.3 is 5.97 Å². The summed E-state index contributed by atoms with van der Waals surface area (Å²) in [7, 11) is -2.04. The molecule has 0 saturated carbocycles. The van der Waals surface area contributed by atoms with Crippen LogP contribution in [0.5, 0.6) is 5.75 Å². The third-order valence-electron chi connectivity index (χ3n) is 2.01. The molecule has 0 unspecified atom stereocenters. The van der Waals surface area contributed by atoms with Crippen molar-refractivity contribution in [1.29, 1.82) is 0 Å². The van der Waals surface area contributed by atoms with Crippen molar-refractivity contribution in [3.05, 3.63) is 23.8 Å². The molecule has 0 heterocycles. The number of hydrogen-bond acceptors (Lipinski definition) is 5. The molecule has 0 saturated heterocycles. The molecular formula is C11H15NO5S. The number of hydrogen-bond donors (Lipinski definition) is 1. The fourth-order valence-electron chi connectivity index (χ4n) is 1.33. The molecule has 0 aliphatic rings. The molecule has 1 N–H and O–H groups in total. The normalized spacial score (nSPS) is 10.8. The Hall–Kier alpha value is -1.76. The molecule has 0 atom stereocenters. The standard InChI is InChI=1S/C11H15NO5S/c1-4-17-11(13)8-5-6-10(16-2)9(7-8)12-18(3,14)15/h5-7,12H,4H2,1-3H3. The highest BCUT2D eigenvalue weighted by Gasteiger charge is 2.13. The quantitative estimate of drug-likeness (QED) is 0.816. The van der Waals surface area contributed by atoms with E-state index >= 15 is 0 Å². The highest BCUT2D eigenvalue weighted by atomic mass is 32.2. The fourth-order valence-corrected chi connectivity index (χ4v) is 1.89. The second kappa shape index (κ2) is 5.72. The van der Waals surface area contributed by atoms with Gasteiger partial charge in [0.2, 0.25) is 10.0 Å². The summed E-state index contributed by atoms with van der Waals surface area (Å²) in [5.74, 6) is -0.190. The molecule has 0 aromatic heterocycles. The number of ether oxygens (including phenoxy) is 2. The number of carbonyl (C=O) groups excluding carboxylic acids is 1. The molecule has 0 aliphatic carbocycles. The number of sulfonamides is 1. The Bertz CT molecular complexity index is 538. The predicted octanol–water partition coefficient (Wildman–Crippen LogP) is 1.24. The first-order chi connectivity index (χ1) is 8.37. The van der Waals surface area contributed by atoms with E-state index in [0.29, 0.717) is 5.75 Å². The summed E-state index contributed by atoms with van der Waals surface area (Å²) in [6.45, 7) is 1.94. The lowest BCUT2D eigenvalue weighted by molar-refractivity contribution is 0.0526. The number of rotatable bonds is 5. The molecule has 0 radical (unpaired) electrons. The largest absolute Gasteiger partial charge is 0.495 e. The molecular weight excluding hydrogens is 258 g/mol. The van der Waals surface area contributed by atoms with E-state index in [-0.39, 0.29) is 17.9 Å². The van der Waals surface area contributed by atoms with Crippen molar-refractivity contribution in [2.24, 2.45) is 0 Å². The fraction of sp³-hybridized carbons (Fsp3) is 0.364. The molecule has 0 aliphatic heterocycles. The molecule has 1 aromatic carbocycles. The average molecular weight is 273 g/mol. The van der Waals surface area contributed by atoms with Gasteiger partial charge in [0.25, 0.3) is 0 Å². The van der Waals surface area contributed by atoms with Crippen LogP contribution in [-0.2, 0) is 14.8 Å². The number of esters is 1. The van der Waals surface area contributed by atoms with Gasteiger partial charge in [0.05, 0.1) is 31.2 Å². The SMILES string of the molecule is CCOC(=O)c1ccc(OC)c(NS(C)(=O)=O)c1. The van der Waals surface area contributed by atoms with Crippen molar-refractivity contribution in [3.8, 4) is 5.75 Å². The van der Waals surface area contributed by atoms with Gasteiger partial charge < -0.3 is 9.47 Å². The van der Waals surface area contributed by atoms with Gasteiger partial charge in [-0.3, -0.25) is 4.72 Å². The van der Waals surface area contributed by atoms with Gasteiger partial charge in [-0.2, -0.15) is 0 Å². The predicted molar refractivity (Wildman–Crippen MR) is 67.4 cm³/mol. The van der Waals surface area contributed by atoms with Crippen molar-refractivity contribution in [1.82, 2.24) is 0 Å². The highest BCUT2D eigenvalue weighted by molar-refractivity contribution is 7.92. The molecule has 0 spiro atoms. The summed E-state index contributed by atoms with van der Waals surface area (Å²) in [5, 5.41) is 0. The van der Waals surface area contributed by atoms with Crippen LogP contribution in [0, 0.1) is 0 Å². The topological polar surface area (TPSA) is 81.7 Å². The van der Waals surface area contributed by atoms with Crippen LogP contribution in [0.3, 0.4) is 0 Å². The Kier molecular flexibility index (Phi) is 4.55. The molecule has 18 heavy (non-hydrogen) atoms. The average Bonchev–Trinajstić information content (AvgIpc) is 2.27. The van der Waals surface area contributed by atoms with Gasteiger partial charge in [0.15, 0.2) is 0 Å². The van der Waals surface area contributed by atoms with Crippen LogP contribution in [0.15, 0.2) is 18.2 Å². The Morgan fingerprint density at radius 3 is 2.56 bits per heavy atom. The maximum Gasteiger partial charge on any atom is 0.338 e. The lowest BCUT2D eigenvalue weighted by Crippen LogP contribution is -2.12. The van der Waals surface area contributed by atoms with Crippen LogP contribution in [0.1, 0.15) is 17.3 Å². The zero-order valence-corrected chi connectivity index (χ0v) is 11.2. The van der Waals surface area contributed by atoms with Gasteiger partial charge in [-0.15, -0.1) is 0 Å². The van der Waals surface area contributed by atoms with E-state index in [1.54, 1.807) is 6.92 Å². The molecule has 1 aromatic rings. The summed E-state index contributed by atoms with van der Waals surface area (Å²) in [6.07, 6.45) is 1.02. The summed E-state index contributed by atoms with van der Waals surface area (Å²) < 4.78 is 34.5. The zero-order chi connectivity index (χ0) is 13.8. The maximum atomic E-state index is 11.5. The van der Waals surface area contributed by atoms with Crippen LogP contribution in [-0.4, -0.2) is 34.4 Å². The minimum Gasteiger partial charge on any atom is -0.495 e. The van der Waals surface area contributed by atoms with E-state index in [1.165, 1.54) is 25.3 Å². The zero-order valence-electron chi connectivity index (χ0n) is 10.4. The lowest BCUT2D eigenvalue weighted by atomic mass is 10.2. The Balaban J connectivity index is 3.13. The van der Waals surface area contributed by atoms with Gasteiger partial charge in [0, 0.05) is 0 Å². The van der Waals surface area contributed by atoms with E-state index in [0.717, 1.165) is 6.26 Å². The summed E-state index contributed by atoms with van der Waals surface area (Å²) in [6, 6.07) is 4.38. The number of benzene rings is 1. The summed E-state index contributed by atoms with van der Waals surface area (Å²) in [5.41, 5.74) is 0.453. The van der Waals surface area contributed by atoms with Crippen molar-refractivity contribution in [2.45, 2.75) is 6.92 Å². The van der Waals surface area contributed by atoms with Gasteiger partial charge in [-0.25, -0.2) is 13.2 Å². The summed E-state index contributed by atoms with van der Waals surface area (Å²) in [4.78, 5) is 11.5. The molecule has 100 valence electrons. The minimum atomic E-state index is -3.45. The van der Waals surface area contributed by atoms with Gasteiger partial charge in [-0.1, -0.05) is 0 Å². The van der Waals surface area contributed by atoms with Gasteiger partial charge in [-0.05, 0) is 25.1 Å². The Morgan fingerprint density at radius 1 is 1.39 bits per heavy atom. The first-order valence-electron chi connectivity index (χ1n) is 5.20. The van der Waals surface area contributed by atoms with E-state index in [4.69, 9.17) is 9.47 Å². The van der Waals surface area contributed by atoms with Gasteiger partial charge in [0.1, 0.15) is 5.75 Å². The first kappa shape index (κ1) is 14.3. The molecule has 0 bridgehead atoms. The minimum absolute atomic E-state index is 0.200. The molecule has 0 amide bonds. The molecule has 7 heteroatoms.